The van der Waals surface area contributed by atoms with Crippen LogP contribution in [0, 0.1) is 18.3 Å². The van der Waals surface area contributed by atoms with Crippen molar-refractivity contribution in [1.29, 1.82) is 0 Å². The van der Waals surface area contributed by atoms with Crippen LogP contribution in [0.25, 0.3) is 0 Å². The Bertz CT molecular complexity index is 272. The highest BCUT2D eigenvalue weighted by Crippen LogP contribution is 2.28. The summed E-state index contributed by atoms with van der Waals surface area (Å²) in [6.07, 6.45) is 9.88. The number of rotatable bonds is 3. The molecular weight excluding hydrogens is 188 g/mol. The van der Waals surface area contributed by atoms with E-state index >= 15 is 0 Å². The number of hydrogen-bond donors (Lipinski definition) is 1. The molecule has 82 valence electrons. The summed E-state index contributed by atoms with van der Waals surface area (Å²) in [4.78, 5) is 13.4. The lowest BCUT2D eigenvalue weighted by molar-refractivity contribution is -0.126. The number of hydrogen-bond acceptors (Lipinski definition) is 2. The summed E-state index contributed by atoms with van der Waals surface area (Å²) in [5, 5.41) is 3.37. The Morgan fingerprint density at radius 3 is 2.80 bits per heavy atom. The van der Waals surface area contributed by atoms with E-state index in [1.807, 2.05) is 4.90 Å². The van der Waals surface area contributed by atoms with Crippen molar-refractivity contribution >= 4 is 5.91 Å². The number of carbonyl (C=O) groups excluding carboxylic acids is 1. The molecule has 15 heavy (non-hydrogen) atoms. The number of nitrogens with zero attached hydrogens (tertiary/aromatic N) is 1. The normalized spacial score (nSPS) is 25.7. The summed E-state index contributed by atoms with van der Waals surface area (Å²) in [5.74, 6) is 2.71. The maximum atomic E-state index is 11.5. The van der Waals surface area contributed by atoms with Gasteiger partial charge < -0.3 is 10.2 Å². The molecule has 0 aromatic carbocycles. The molecule has 1 unspecified atom stereocenters. The van der Waals surface area contributed by atoms with Crippen molar-refractivity contribution in [2.75, 3.05) is 19.6 Å². The second kappa shape index (κ2) is 4.67. The van der Waals surface area contributed by atoms with Crippen molar-refractivity contribution in [3.63, 3.8) is 0 Å². The van der Waals surface area contributed by atoms with Crippen LogP contribution in [0.4, 0.5) is 0 Å². The summed E-state index contributed by atoms with van der Waals surface area (Å²) >= 11 is 0. The fraction of sp³-hybridized carbons (Fsp3) is 0.750. The minimum atomic E-state index is -0.122. The molecule has 0 spiro atoms. The SMILES string of the molecule is C#CC(=O)N(CC1CCCNC1)C1CC1. The van der Waals surface area contributed by atoms with E-state index in [1.54, 1.807) is 0 Å². The van der Waals surface area contributed by atoms with Crippen LogP contribution >= 0.6 is 0 Å². The van der Waals surface area contributed by atoms with Gasteiger partial charge in [0.2, 0.25) is 0 Å². The quantitative estimate of drug-likeness (QED) is 0.686. The van der Waals surface area contributed by atoms with Crippen molar-refractivity contribution in [3.8, 4) is 12.3 Å². The Balaban J connectivity index is 1.88. The topological polar surface area (TPSA) is 32.3 Å². The van der Waals surface area contributed by atoms with Gasteiger partial charge in [0.25, 0.3) is 5.91 Å². The summed E-state index contributed by atoms with van der Waals surface area (Å²) < 4.78 is 0. The van der Waals surface area contributed by atoms with Gasteiger partial charge >= 0.3 is 0 Å². The van der Waals surface area contributed by atoms with Gasteiger partial charge in [-0.15, -0.1) is 6.42 Å². The molecule has 2 fully saturated rings. The fourth-order valence-corrected chi connectivity index (χ4v) is 2.22. The van der Waals surface area contributed by atoms with Crippen molar-refractivity contribution in [3.05, 3.63) is 0 Å². The van der Waals surface area contributed by atoms with Crippen LogP contribution in [0.1, 0.15) is 25.7 Å². The molecule has 0 aromatic heterocycles. The van der Waals surface area contributed by atoms with Crippen molar-refractivity contribution in [2.24, 2.45) is 5.92 Å². The molecule has 3 heteroatoms. The van der Waals surface area contributed by atoms with Crippen LogP contribution in [0.15, 0.2) is 0 Å². The molecular formula is C12H18N2O. The molecule has 1 saturated carbocycles. The third-order valence-electron chi connectivity index (χ3n) is 3.23. The second-order valence-electron chi connectivity index (χ2n) is 4.55. The van der Waals surface area contributed by atoms with Crippen LogP contribution in [0.5, 0.6) is 0 Å². The van der Waals surface area contributed by atoms with E-state index < -0.39 is 0 Å². The molecule has 0 aromatic rings. The lowest BCUT2D eigenvalue weighted by Crippen LogP contribution is -2.41. The van der Waals surface area contributed by atoms with Gasteiger partial charge in [-0.2, -0.15) is 0 Å². The Hall–Kier alpha value is -1.01. The average Bonchev–Trinajstić information content (AvgIpc) is 3.10. The van der Waals surface area contributed by atoms with E-state index in [9.17, 15) is 4.79 Å². The van der Waals surface area contributed by atoms with Gasteiger partial charge in [0.1, 0.15) is 0 Å². The molecule has 0 radical (unpaired) electrons. The lowest BCUT2D eigenvalue weighted by Gasteiger charge is -2.29. The largest absolute Gasteiger partial charge is 0.329 e. The van der Waals surface area contributed by atoms with Crippen LogP contribution < -0.4 is 5.32 Å². The number of piperidine rings is 1. The lowest BCUT2D eigenvalue weighted by atomic mass is 9.99. The predicted molar refractivity (Wildman–Crippen MR) is 59.2 cm³/mol. The van der Waals surface area contributed by atoms with Gasteiger partial charge in [-0.25, -0.2) is 0 Å². The van der Waals surface area contributed by atoms with Gasteiger partial charge in [-0.05, 0) is 50.6 Å². The first-order valence-corrected chi connectivity index (χ1v) is 5.79. The molecule has 1 heterocycles. The highest BCUT2D eigenvalue weighted by atomic mass is 16.2. The third kappa shape index (κ3) is 2.73. The maximum absolute atomic E-state index is 11.5. The van der Waals surface area contributed by atoms with Crippen LogP contribution in [-0.4, -0.2) is 36.5 Å². The summed E-state index contributed by atoms with van der Waals surface area (Å²) in [5.41, 5.74) is 0. The smallest absolute Gasteiger partial charge is 0.298 e. The van der Waals surface area contributed by atoms with E-state index in [1.165, 1.54) is 12.8 Å². The van der Waals surface area contributed by atoms with Crippen molar-refractivity contribution < 1.29 is 4.79 Å². The molecule has 2 rings (SSSR count). The third-order valence-corrected chi connectivity index (χ3v) is 3.23. The van der Waals surface area contributed by atoms with Crippen LogP contribution in [0.2, 0.25) is 0 Å². The molecule has 1 atom stereocenters. The molecule has 0 bridgehead atoms. The average molecular weight is 206 g/mol. The number of amides is 1. The zero-order valence-corrected chi connectivity index (χ0v) is 9.04. The Morgan fingerprint density at radius 1 is 1.47 bits per heavy atom. The fourth-order valence-electron chi connectivity index (χ4n) is 2.22. The summed E-state index contributed by atoms with van der Waals surface area (Å²) in [6.45, 7) is 2.99. The first-order chi connectivity index (χ1) is 7.31. The second-order valence-corrected chi connectivity index (χ2v) is 4.55. The summed E-state index contributed by atoms with van der Waals surface area (Å²) in [7, 11) is 0. The predicted octanol–water partition coefficient (Wildman–Crippen LogP) is 0.610. The molecule has 2 aliphatic rings. The van der Waals surface area contributed by atoms with Gasteiger partial charge in [0.05, 0.1) is 0 Å². The van der Waals surface area contributed by atoms with E-state index in [4.69, 9.17) is 6.42 Å². The van der Waals surface area contributed by atoms with Crippen LogP contribution in [-0.2, 0) is 4.79 Å². The molecule has 3 nitrogen and oxygen atoms in total. The van der Waals surface area contributed by atoms with Gasteiger partial charge in [0.15, 0.2) is 0 Å². The minimum absolute atomic E-state index is 0.122. The Morgan fingerprint density at radius 2 is 2.27 bits per heavy atom. The van der Waals surface area contributed by atoms with E-state index in [-0.39, 0.29) is 5.91 Å². The molecule has 1 N–H and O–H groups in total. The molecule has 1 amide bonds. The molecule has 1 aliphatic carbocycles. The Labute approximate surface area is 91.2 Å². The number of nitrogens with one attached hydrogen (secondary N) is 1. The minimum Gasteiger partial charge on any atom is -0.329 e. The van der Waals surface area contributed by atoms with Gasteiger partial charge in [0, 0.05) is 12.6 Å². The van der Waals surface area contributed by atoms with Crippen molar-refractivity contribution in [1.82, 2.24) is 10.2 Å². The van der Waals surface area contributed by atoms with E-state index in [0.717, 1.165) is 32.5 Å². The first kappa shape index (κ1) is 10.5. The molecule has 1 saturated heterocycles. The highest BCUT2D eigenvalue weighted by Gasteiger charge is 2.33. The highest BCUT2D eigenvalue weighted by molar-refractivity contribution is 5.93. The van der Waals surface area contributed by atoms with Gasteiger partial charge in [-0.3, -0.25) is 4.79 Å². The number of terminal acetylenes is 1. The monoisotopic (exact) mass is 206 g/mol. The summed E-state index contributed by atoms with van der Waals surface area (Å²) in [6, 6.07) is 0.440. The zero-order valence-electron chi connectivity index (χ0n) is 9.04. The van der Waals surface area contributed by atoms with Crippen LogP contribution in [0.3, 0.4) is 0 Å². The Kier molecular flexibility index (Phi) is 3.27. The van der Waals surface area contributed by atoms with Crippen molar-refractivity contribution in [2.45, 2.75) is 31.7 Å². The van der Waals surface area contributed by atoms with E-state index in [2.05, 4.69) is 11.2 Å². The number of carbonyl (C=O) groups is 1. The molecule has 1 aliphatic heterocycles. The maximum Gasteiger partial charge on any atom is 0.298 e. The standard InChI is InChI=1S/C12H18N2O/c1-2-12(15)14(11-5-6-11)9-10-4-3-7-13-8-10/h1,10-11,13H,3-9H2. The van der Waals surface area contributed by atoms with E-state index in [0.29, 0.717) is 12.0 Å². The first-order valence-electron chi connectivity index (χ1n) is 5.79. The van der Waals surface area contributed by atoms with Gasteiger partial charge in [-0.1, -0.05) is 0 Å². The zero-order chi connectivity index (χ0) is 10.7.